The normalized spacial score (nSPS) is 16.4. The number of anilines is 1. The number of carbonyl (C=O) groups excluding carboxylic acids is 1. The molecule has 1 N–H and O–H groups in total. The minimum atomic E-state index is -0.267. The Hall–Kier alpha value is -2.24. The quantitative estimate of drug-likeness (QED) is 0.812. The molecule has 6 heteroatoms. The lowest BCUT2D eigenvalue weighted by Gasteiger charge is -2.13. The highest BCUT2D eigenvalue weighted by Gasteiger charge is 2.16. The van der Waals surface area contributed by atoms with Gasteiger partial charge in [0.1, 0.15) is 18.1 Å². The number of rotatable bonds is 7. The molecule has 1 atom stereocenters. The average molecular weight is 362 g/mol. The van der Waals surface area contributed by atoms with E-state index in [2.05, 4.69) is 5.32 Å². The van der Waals surface area contributed by atoms with Crippen LogP contribution in [-0.4, -0.2) is 31.8 Å². The van der Waals surface area contributed by atoms with Crippen molar-refractivity contribution in [3.05, 3.63) is 53.6 Å². The monoisotopic (exact) mass is 361 g/mol. The zero-order chi connectivity index (χ0) is 17.5. The van der Waals surface area contributed by atoms with Gasteiger partial charge in [0.2, 0.25) is 0 Å². The summed E-state index contributed by atoms with van der Waals surface area (Å²) >= 11 is 5.99. The van der Waals surface area contributed by atoms with E-state index in [0.717, 1.165) is 19.4 Å². The van der Waals surface area contributed by atoms with E-state index in [4.69, 9.17) is 25.8 Å². The topological polar surface area (TPSA) is 56.8 Å². The molecule has 0 radical (unpaired) electrons. The van der Waals surface area contributed by atoms with E-state index >= 15 is 0 Å². The first-order valence-electron chi connectivity index (χ1n) is 8.22. The zero-order valence-corrected chi connectivity index (χ0v) is 14.5. The first-order valence-corrected chi connectivity index (χ1v) is 8.60. The third-order valence-electron chi connectivity index (χ3n) is 3.77. The number of carbonyl (C=O) groups is 1. The minimum absolute atomic E-state index is 0.120. The molecular weight excluding hydrogens is 342 g/mol. The van der Waals surface area contributed by atoms with Crippen LogP contribution < -0.4 is 14.8 Å². The highest BCUT2D eigenvalue weighted by Crippen LogP contribution is 2.23. The van der Waals surface area contributed by atoms with E-state index in [9.17, 15) is 4.79 Å². The van der Waals surface area contributed by atoms with Crippen LogP contribution in [0, 0.1) is 0 Å². The predicted molar refractivity (Wildman–Crippen MR) is 96.5 cm³/mol. The highest BCUT2D eigenvalue weighted by atomic mass is 35.5. The van der Waals surface area contributed by atoms with Crippen molar-refractivity contribution in [1.29, 1.82) is 0 Å². The largest absolute Gasteiger partial charge is 0.491 e. The molecular formula is C19H20ClNO4. The Labute approximate surface area is 151 Å². The van der Waals surface area contributed by atoms with Gasteiger partial charge in [-0.05, 0) is 37.1 Å². The van der Waals surface area contributed by atoms with Crippen LogP contribution in [0.2, 0.25) is 5.02 Å². The van der Waals surface area contributed by atoms with Crippen LogP contribution in [0.1, 0.15) is 12.8 Å². The Bertz CT molecular complexity index is 716. The van der Waals surface area contributed by atoms with Gasteiger partial charge in [-0.2, -0.15) is 0 Å². The Morgan fingerprint density at radius 2 is 2.08 bits per heavy atom. The number of ether oxygens (including phenoxy) is 3. The van der Waals surface area contributed by atoms with Gasteiger partial charge in [0.25, 0.3) is 5.91 Å². The first-order chi connectivity index (χ1) is 12.2. The maximum Gasteiger partial charge on any atom is 0.262 e. The molecule has 0 spiro atoms. The molecule has 132 valence electrons. The van der Waals surface area contributed by atoms with Gasteiger partial charge >= 0.3 is 0 Å². The van der Waals surface area contributed by atoms with Crippen LogP contribution in [-0.2, 0) is 9.53 Å². The van der Waals surface area contributed by atoms with Gasteiger partial charge in [-0.25, -0.2) is 0 Å². The minimum Gasteiger partial charge on any atom is -0.491 e. The summed E-state index contributed by atoms with van der Waals surface area (Å²) in [6.45, 7) is 1.20. The van der Waals surface area contributed by atoms with E-state index in [1.165, 1.54) is 0 Å². The van der Waals surface area contributed by atoms with E-state index in [-0.39, 0.29) is 18.6 Å². The van der Waals surface area contributed by atoms with Gasteiger partial charge < -0.3 is 19.5 Å². The first kappa shape index (κ1) is 17.6. The van der Waals surface area contributed by atoms with Crippen molar-refractivity contribution in [2.24, 2.45) is 0 Å². The second kappa shape index (κ2) is 8.74. The summed E-state index contributed by atoms with van der Waals surface area (Å²) in [6, 6.07) is 14.3. The van der Waals surface area contributed by atoms with E-state index < -0.39 is 0 Å². The molecule has 1 saturated heterocycles. The molecule has 5 nitrogen and oxygen atoms in total. The van der Waals surface area contributed by atoms with Crippen LogP contribution in [0.5, 0.6) is 11.5 Å². The van der Waals surface area contributed by atoms with E-state index in [1.807, 2.05) is 12.1 Å². The number of hydrogen-bond acceptors (Lipinski definition) is 4. The van der Waals surface area contributed by atoms with Gasteiger partial charge in [-0.15, -0.1) is 0 Å². The van der Waals surface area contributed by atoms with Crippen LogP contribution in [0.15, 0.2) is 48.5 Å². The average Bonchev–Trinajstić information content (AvgIpc) is 3.13. The lowest BCUT2D eigenvalue weighted by Crippen LogP contribution is -2.20. The zero-order valence-electron chi connectivity index (χ0n) is 13.7. The van der Waals surface area contributed by atoms with Crippen molar-refractivity contribution in [2.75, 3.05) is 25.1 Å². The highest BCUT2D eigenvalue weighted by molar-refractivity contribution is 6.32. The Morgan fingerprint density at radius 3 is 2.88 bits per heavy atom. The van der Waals surface area contributed by atoms with Gasteiger partial charge in [-0.1, -0.05) is 29.8 Å². The number of nitrogens with one attached hydrogen (secondary N) is 1. The molecule has 1 amide bonds. The summed E-state index contributed by atoms with van der Waals surface area (Å²) in [5.41, 5.74) is 0.651. The molecule has 1 unspecified atom stereocenters. The van der Waals surface area contributed by atoms with Crippen LogP contribution in [0.4, 0.5) is 5.69 Å². The predicted octanol–water partition coefficient (Wildman–Crippen LogP) is 3.92. The van der Waals surface area contributed by atoms with Crippen molar-refractivity contribution in [2.45, 2.75) is 18.9 Å². The molecule has 25 heavy (non-hydrogen) atoms. The summed E-state index contributed by atoms with van der Waals surface area (Å²) in [5.74, 6) is 0.907. The molecule has 0 aliphatic carbocycles. The SMILES string of the molecule is O=C(COc1ccccc1Cl)Nc1cccc(OCC2CCCO2)c1. The fourth-order valence-corrected chi connectivity index (χ4v) is 2.72. The Kier molecular flexibility index (Phi) is 6.14. The summed E-state index contributed by atoms with van der Waals surface area (Å²) in [5, 5.41) is 3.25. The Morgan fingerprint density at radius 1 is 1.20 bits per heavy atom. The lowest BCUT2D eigenvalue weighted by molar-refractivity contribution is -0.118. The molecule has 2 aromatic carbocycles. The van der Waals surface area contributed by atoms with Gasteiger partial charge in [0.15, 0.2) is 6.61 Å². The summed E-state index contributed by atoms with van der Waals surface area (Å²) in [7, 11) is 0. The fraction of sp³-hybridized carbons (Fsp3) is 0.316. The Balaban J connectivity index is 1.49. The number of hydrogen-bond donors (Lipinski definition) is 1. The number of benzene rings is 2. The molecule has 0 bridgehead atoms. The number of halogens is 1. The van der Waals surface area contributed by atoms with E-state index in [0.29, 0.717) is 28.8 Å². The second-order valence-corrected chi connectivity index (χ2v) is 6.15. The summed E-state index contributed by atoms with van der Waals surface area (Å²) in [4.78, 5) is 12.0. The van der Waals surface area contributed by atoms with Gasteiger partial charge in [-0.3, -0.25) is 4.79 Å². The molecule has 3 rings (SSSR count). The van der Waals surface area contributed by atoms with Crippen LogP contribution >= 0.6 is 11.6 Å². The van der Waals surface area contributed by atoms with Crippen LogP contribution in [0.3, 0.4) is 0 Å². The number of amides is 1. The lowest BCUT2D eigenvalue weighted by atomic mass is 10.2. The molecule has 1 aliphatic rings. The molecule has 1 fully saturated rings. The van der Waals surface area contributed by atoms with Gasteiger partial charge in [0, 0.05) is 18.4 Å². The van der Waals surface area contributed by atoms with Crippen molar-refractivity contribution >= 4 is 23.2 Å². The smallest absolute Gasteiger partial charge is 0.262 e. The third kappa shape index (κ3) is 5.37. The maximum absolute atomic E-state index is 12.0. The number of para-hydroxylation sites is 1. The molecule has 1 aliphatic heterocycles. The van der Waals surface area contributed by atoms with Crippen molar-refractivity contribution in [3.63, 3.8) is 0 Å². The summed E-state index contributed by atoms with van der Waals surface area (Å²) < 4.78 is 16.7. The molecule has 0 aromatic heterocycles. The standard InChI is InChI=1S/C19H20ClNO4/c20-17-8-1-2-9-18(17)25-13-19(22)21-14-5-3-6-15(11-14)24-12-16-7-4-10-23-16/h1-3,5-6,8-9,11,16H,4,7,10,12-13H2,(H,21,22). The van der Waals surface area contributed by atoms with Crippen molar-refractivity contribution in [1.82, 2.24) is 0 Å². The fourth-order valence-electron chi connectivity index (χ4n) is 2.53. The third-order valence-corrected chi connectivity index (χ3v) is 4.09. The molecule has 0 saturated carbocycles. The van der Waals surface area contributed by atoms with Gasteiger partial charge in [0.05, 0.1) is 11.1 Å². The van der Waals surface area contributed by atoms with Crippen molar-refractivity contribution < 1.29 is 19.0 Å². The van der Waals surface area contributed by atoms with Crippen molar-refractivity contribution in [3.8, 4) is 11.5 Å². The molecule has 1 heterocycles. The second-order valence-electron chi connectivity index (χ2n) is 5.74. The molecule has 2 aromatic rings. The van der Waals surface area contributed by atoms with E-state index in [1.54, 1.807) is 36.4 Å². The summed E-state index contributed by atoms with van der Waals surface area (Å²) in [6.07, 6.45) is 2.26. The maximum atomic E-state index is 12.0. The van der Waals surface area contributed by atoms with Crippen LogP contribution in [0.25, 0.3) is 0 Å².